The fraction of sp³-hybridized carbons (Fsp3) is 0.115. The van der Waals surface area contributed by atoms with Gasteiger partial charge < -0.3 is 4.90 Å². The maximum Gasteiger partial charge on any atom is 0.228 e. The zero-order valence-electron chi connectivity index (χ0n) is 15.6. The number of nitrogens with zero attached hydrogens (tertiary/aromatic N) is 1. The number of hydrogen-bond acceptors (Lipinski definition) is 1. The van der Waals surface area contributed by atoms with Gasteiger partial charge in [0.05, 0.1) is 12.2 Å². The second-order valence-corrected chi connectivity index (χ2v) is 7.36. The van der Waals surface area contributed by atoms with Crippen LogP contribution in [0.15, 0.2) is 97.1 Å². The van der Waals surface area contributed by atoms with Gasteiger partial charge >= 0.3 is 0 Å². The SMILES string of the molecule is O=C1CC(c2ccccc2)c2ccc3ccccc3c2N1Cc1ccccc1. The van der Waals surface area contributed by atoms with Crippen LogP contribution in [-0.2, 0) is 11.3 Å². The molecule has 1 atom stereocenters. The molecule has 4 aromatic carbocycles. The molecule has 0 saturated heterocycles. The van der Waals surface area contributed by atoms with E-state index in [0.29, 0.717) is 13.0 Å². The maximum atomic E-state index is 13.3. The van der Waals surface area contributed by atoms with E-state index in [4.69, 9.17) is 0 Å². The van der Waals surface area contributed by atoms with Crippen LogP contribution in [0.2, 0.25) is 0 Å². The molecule has 28 heavy (non-hydrogen) atoms. The van der Waals surface area contributed by atoms with Crippen molar-refractivity contribution in [3.05, 3.63) is 114 Å². The molecule has 0 bridgehead atoms. The second-order valence-electron chi connectivity index (χ2n) is 7.36. The molecule has 5 rings (SSSR count). The lowest BCUT2D eigenvalue weighted by Gasteiger charge is -2.35. The summed E-state index contributed by atoms with van der Waals surface area (Å²) in [5.41, 5.74) is 4.65. The first-order valence-corrected chi connectivity index (χ1v) is 9.72. The van der Waals surface area contributed by atoms with Crippen molar-refractivity contribution in [3.63, 3.8) is 0 Å². The van der Waals surface area contributed by atoms with Gasteiger partial charge in [-0.1, -0.05) is 97.1 Å². The van der Waals surface area contributed by atoms with Crippen molar-refractivity contribution in [2.24, 2.45) is 0 Å². The highest BCUT2D eigenvalue weighted by atomic mass is 16.2. The lowest BCUT2D eigenvalue weighted by Crippen LogP contribution is -2.36. The van der Waals surface area contributed by atoms with Crippen molar-refractivity contribution < 1.29 is 4.79 Å². The highest BCUT2D eigenvalue weighted by molar-refractivity contribution is 6.07. The van der Waals surface area contributed by atoms with E-state index in [1.54, 1.807) is 0 Å². The number of fused-ring (bicyclic) bond motifs is 3. The average Bonchev–Trinajstić information content (AvgIpc) is 2.76. The normalized spacial score (nSPS) is 16.2. The van der Waals surface area contributed by atoms with Crippen LogP contribution < -0.4 is 4.90 Å². The van der Waals surface area contributed by atoms with Crippen molar-refractivity contribution in [2.45, 2.75) is 18.9 Å². The first kappa shape index (κ1) is 16.8. The molecule has 0 aliphatic carbocycles. The minimum atomic E-state index is 0.0975. The van der Waals surface area contributed by atoms with Gasteiger partial charge in [0.15, 0.2) is 0 Å². The predicted octanol–water partition coefficient (Wildman–Crippen LogP) is 5.91. The molecule has 2 nitrogen and oxygen atoms in total. The summed E-state index contributed by atoms with van der Waals surface area (Å²) in [4.78, 5) is 15.3. The van der Waals surface area contributed by atoms with Gasteiger partial charge in [-0.3, -0.25) is 4.79 Å². The summed E-state index contributed by atoms with van der Waals surface area (Å²) in [6, 6.07) is 33.4. The zero-order chi connectivity index (χ0) is 18.9. The Labute approximate surface area is 165 Å². The van der Waals surface area contributed by atoms with Crippen LogP contribution in [0.1, 0.15) is 29.0 Å². The Bertz CT molecular complexity index is 1130. The van der Waals surface area contributed by atoms with Gasteiger partial charge in [0, 0.05) is 17.7 Å². The maximum absolute atomic E-state index is 13.3. The predicted molar refractivity (Wildman–Crippen MR) is 114 cm³/mol. The number of carbonyl (C=O) groups is 1. The molecular weight excluding hydrogens is 342 g/mol. The lowest BCUT2D eigenvalue weighted by molar-refractivity contribution is -0.119. The summed E-state index contributed by atoms with van der Waals surface area (Å²) in [6.07, 6.45) is 0.502. The van der Waals surface area contributed by atoms with Gasteiger partial charge in [-0.05, 0) is 22.1 Å². The minimum absolute atomic E-state index is 0.0975. The van der Waals surface area contributed by atoms with Crippen LogP contribution >= 0.6 is 0 Å². The van der Waals surface area contributed by atoms with E-state index < -0.39 is 0 Å². The molecule has 0 aromatic heterocycles. The van der Waals surface area contributed by atoms with E-state index in [1.807, 2.05) is 29.2 Å². The third kappa shape index (κ3) is 2.87. The van der Waals surface area contributed by atoms with Gasteiger partial charge in [-0.15, -0.1) is 0 Å². The molecule has 4 aromatic rings. The standard InChI is InChI=1S/C26H21NO/c28-25-17-24(20-11-5-2-6-12-20)23-16-15-21-13-7-8-14-22(21)26(23)27(25)18-19-9-3-1-4-10-19/h1-16,24H,17-18H2. The molecule has 1 unspecified atom stereocenters. The van der Waals surface area contributed by atoms with Gasteiger partial charge in [0.1, 0.15) is 0 Å². The van der Waals surface area contributed by atoms with Gasteiger partial charge in [0.25, 0.3) is 0 Å². The van der Waals surface area contributed by atoms with E-state index in [2.05, 4.69) is 72.8 Å². The fourth-order valence-electron chi connectivity index (χ4n) is 4.29. The third-order valence-electron chi connectivity index (χ3n) is 5.64. The van der Waals surface area contributed by atoms with Gasteiger partial charge in [-0.25, -0.2) is 0 Å². The Morgan fingerprint density at radius 1 is 0.750 bits per heavy atom. The molecule has 0 fully saturated rings. The van der Waals surface area contributed by atoms with E-state index in [9.17, 15) is 4.79 Å². The smallest absolute Gasteiger partial charge is 0.228 e. The van der Waals surface area contributed by atoms with Crippen LogP contribution in [0.5, 0.6) is 0 Å². The van der Waals surface area contributed by atoms with E-state index in [-0.39, 0.29) is 11.8 Å². The summed E-state index contributed by atoms with van der Waals surface area (Å²) in [5.74, 6) is 0.280. The molecule has 0 saturated carbocycles. The topological polar surface area (TPSA) is 20.3 Å². The largest absolute Gasteiger partial charge is 0.307 e. The molecule has 1 aliphatic rings. The molecule has 136 valence electrons. The highest BCUT2D eigenvalue weighted by Gasteiger charge is 2.33. The van der Waals surface area contributed by atoms with Crippen LogP contribution in [0.4, 0.5) is 5.69 Å². The van der Waals surface area contributed by atoms with E-state index in [1.165, 1.54) is 16.5 Å². The Hall–Kier alpha value is -3.39. The number of anilines is 1. The molecule has 0 radical (unpaired) electrons. The summed E-state index contributed by atoms with van der Waals surface area (Å²) in [5, 5.41) is 2.31. The summed E-state index contributed by atoms with van der Waals surface area (Å²) >= 11 is 0. The number of hydrogen-bond donors (Lipinski definition) is 0. The number of carbonyl (C=O) groups excluding carboxylic acids is 1. The van der Waals surface area contributed by atoms with Crippen LogP contribution in [0.3, 0.4) is 0 Å². The zero-order valence-corrected chi connectivity index (χ0v) is 15.6. The molecule has 0 N–H and O–H groups in total. The lowest BCUT2D eigenvalue weighted by atomic mass is 9.82. The van der Waals surface area contributed by atoms with Crippen molar-refractivity contribution >= 4 is 22.4 Å². The van der Waals surface area contributed by atoms with E-state index in [0.717, 1.165) is 16.6 Å². The average molecular weight is 363 g/mol. The summed E-state index contributed by atoms with van der Waals surface area (Å²) < 4.78 is 0. The van der Waals surface area contributed by atoms with E-state index >= 15 is 0 Å². The molecule has 1 amide bonds. The first-order chi connectivity index (χ1) is 13.8. The van der Waals surface area contributed by atoms with Gasteiger partial charge in [0.2, 0.25) is 5.91 Å². The Kier molecular flexibility index (Phi) is 4.17. The minimum Gasteiger partial charge on any atom is -0.307 e. The Balaban J connectivity index is 1.70. The molecule has 2 heteroatoms. The quantitative estimate of drug-likeness (QED) is 0.443. The van der Waals surface area contributed by atoms with Crippen molar-refractivity contribution in [1.82, 2.24) is 0 Å². The first-order valence-electron chi connectivity index (χ1n) is 9.72. The molecule has 0 spiro atoms. The third-order valence-corrected chi connectivity index (χ3v) is 5.64. The number of amides is 1. The second kappa shape index (κ2) is 6.97. The van der Waals surface area contributed by atoms with Crippen molar-refractivity contribution in [2.75, 3.05) is 4.90 Å². The van der Waals surface area contributed by atoms with Gasteiger partial charge in [-0.2, -0.15) is 0 Å². The number of benzene rings is 4. The highest BCUT2D eigenvalue weighted by Crippen LogP contribution is 2.44. The van der Waals surface area contributed by atoms with Crippen molar-refractivity contribution in [3.8, 4) is 0 Å². The fourth-order valence-corrected chi connectivity index (χ4v) is 4.29. The monoisotopic (exact) mass is 363 g/mol. The Morgan fingerprint density at radius 3 is 2.21 bits per heavy atom. The van der Waals surface area contributed by atoms with Crippen LogP contribution in [0, 0.1) is 0 Å². The molecular formula is C26H21NO. The van der Waals surface area contributed by atoms with Crippen LogP contribution in [0.25, 0.3) is 10.8 Å². The molecule has 1 heterocycles. The van der Waals surface area contributed by atoms with Crippen LogP contribution in [-0.4, -0.2) is 5.91 Å². The summed E-state index contributed by atoms with van der Waals surface area (Å²) in [6.45, 7) is 0.599. The van der Waals surface area contributed by atoms with Crippen molar-refractivity contribution in [1.29, 1.82) is 0 Å². The number of rotatable bonds is 3. The molecule has 1 aliphatic heterocycles. The summed E-state index contributed by atoms with van der Waals surface area (Å²) in [7, 11) is 0. The Morgan fingerprint density at radius 2 is 1.43 bits per heavy atom.